The smallest absolute Gasteiger partial charge is 0.239 e. The molecule has 3 aromatic rings. The highest BCUT2D eigenvalue weighted by Gasteiger charge is 2.06. The van der Waals surface area contributed by atoms with Crippen molar-refractivity contribution in [3.05, 3.63) is 58.6 Å². The van der Waals surface area contributed by atoms with Crippen LogP contribution in [0.15, 0.2) is 53.0 Å². The van der Waals surface area contributed by atoms with E-state index in [2.05, 4.69) is 48.8 Å². The molecule has 2 aromatic carbocycles. The minimum Gasteiger partial charge on any atom is -0.365 e. The number of anilines is 2. The lowest BCUT2D eigenvalue weighted by atomic mass is 10.2. The van der Waals surface area contributed by atoms with Crippen molar-refractivity contribution in [3.8, 4) is 0 Å². The molecule has 1 heterocycles. The van der Waals surface area contributed by atoms with E-state index < -0.39 is 0 Å². The van der Waals surface area contributed by atoms with E-state index in [1.54, 1.807) is 0 Å². The minimum atomic E-state index is 0.394. The first-order valence-electron chi connectivity index (χ1n) is 6.48. The monoisotopic (exact) mass is 343 g/mol. The maximum absolute atomic E-state index is 5.43. The van der Waals surface area contributed by atoms with Crippen molar-refractivity contribution in [2.75, 3.05) is 10.7 Å². The van der Waals surface area contributed by atoms with Crippen LogP contribution in [0.1, 0.15) is 5.56 Å². The summed E-state index contributed by atoms with van der Waals surface area (Å²) in [6, 6.07) is 16.0. The number of benzene rings is 2. The SMILES string of the molecule is NNc1nc(NCc2cccc(Br)c2)c2ccccc2n1. The normalized spacial score (nSPS) is 10.6. The van der Waals surface area contributed by atoms with E-state index >= 15 is 0 Å². The number of hydrogen-bond donors (Lipinski definition) is 3. The van der Waals surface area contributed by atoms with Gasteiger partial charge in [-0.1, -0.05) is 40.2 Å². The van der Waals surface area contributed by atoms with Crippen molar-refractivity contribution >= 4 is 38.6 Å². The molecule has 0 atom stereocenters. The highest BCUT2D eigenvalue weighted by atomic mass is 79.9. The standard InChI is InChI=1S/C15H14BrN5/c16-11-5-3-4-10(8-11)9-18-14-12-6-1-2-7-13(12)19-15(20-14)21-17/h1-8H,9,17H2,(H2,18,19,20,21). The summed E-state index contributed by atoms with van der Waals surface area (Å²) < 4.78 is 1.05. The molecule has 0 aliphatic rings. The van der Waals surface area contributed by atoms with E-state index in [0.29, 0.717) is 12.5 Å². The zero-order valence-corrected chi connectivity index (χ0v) is 12.8. The summed E-state index contributed by atoms with van der Waals surface area (Å²) in [6.07, 6.45) is 0. The highest BCUT2D eigenvalue weighted by molar-refractivity contribution is 9.10. The second kappa shape index (κ2) is 6.07. The molecule has 0 fully saturated rings. The Labute approximate surface area is 130 Å². The fraction of sp³-hybridized carbons (Fsp3) is 0.0667. The molecule has 0 saturated carbocycles. The van der Waals surface area contributed by atoms with E-state index in [0.717, 1.165) is 26.8 Å². The molecule has 0 radical (unpaired) electrons. The molecule has 21 heavy (non-hydrogen) atoms. The van der Waals surface area contributed by atoms with Gasteiger partial charge in [0.15, 0.2) is 0 Å². The zero-order valence-electron chi connectivity index (χ0n) is 11.2. The van der Waals surface area contributed by atoms with E-state index in [1.807, 2.05) is 36.4 Å². The predicted octanol–water partition coefficient (Wildman–Crippen LogP) is 3.29. The Balaban J connectivity index is 1.92. The molecule has 3 rings (SSSR count). The van der Waals surface area contributed by atoms with Crippen LogP contribution in [-0.4, -0.2) is 9.97 Å². The number of halogens is 1. The average molecular weight is 344 g/mol. The summed E-state index contributed by atoms with van der Waals surface area (Å²) in [6.45, 7) is 0.671. The molecule has 0 aliphatic heterocycles. The quantitative estimate of drug-likeness (QED) is 0.500. The largest absolute Gasteiger partial charge is 0.365 e. The third-order valence-corrected chi connectivity index (χ3v) is 3.57. The fourth-order valence-electron chi connectivity index (χ4n) is 2.11. The van der Waals surface area contributed by atoms with Crippen molar-refractivity contribution in [1.82, 2.24) is 9.97 Å². The molecular weight excluding hydrogens is 330 g/mol. The van der Waals surface area contributed by atoms with Gasteiger partial charge in [-0.05, 0) is 29.8 Å². The van der Waals surface area contributed by atoms with Crippen molar-refractivity contribution in [1.29, 1.82) is 0 Å². The summed E-state index contributed by atoms with van der Waals surface area (Å²) in [5, 5.41) is 4.30. The Morgan fingerprint density at radius 2 is 1.90 bits per heavy atom. The lowest BCUT2D eigenvalue weighted by molar-refractivity contribution is 1.09. The fourth-order valence-corrected chi connectivity index (χ4v) is 2.56. The molecule has 5 nitrogen and oxygen atoms in total. The topological polar surface area (TPSA) is 75.9 Å². The molecule has 0 amide bonds. The highest BCUT2D eigenvalue weighted by Crippen LogP contribution is 2.22. The van der Waals surface area contributed by atoms with Gasteiger partial charge < -0.3 is 5.32 Å². The lowest BCUT2D eigenvalue weighted by Crippen LogP contribution is -2.12. The van der Waals surface area contributed by atoms with Crippen LogP contribution in [0.25, 0.3) is 10.9 Å². The first-order chi connectivity index (χ1) is 10.3. The third kappa shape index (κ3) is 3.12. The van der Waals surface area contributed by atoms with Crippen LogP contribution in [0.5, 0.6) is 0 Å². The number of nitrogen functional groups attached to an aromatic ring is 1. The lowest BCUT2D eigenvalue weighted by Gasteiger charge is -2.10. The maximum atomic E-state index is 5.43. The summed E-state index contributed by atoms with van der Waals surface area (Å²) in [7, 11) is 0. The number of nitrogens with zero attached hydrogens (tertiary/aromatic N) is 2. The first kappa shape index (κ1) is 13.8. The van der Waals surface area contributed by atoms with Crippen LogP contribution in [-0.2, 0) is 6.54 Å². The Kier molecular flexibility index (Phi) is 3.98. The van der Waals surface area contributed by atoms with Crippen LogP contribution in [0.2, 0.25) is 0 Å². The molecule has 0 spiro atoms. The van der Waals surface area contributed by atoms with Gasteiger partial charge in [-0.25, -0.2) is 10.8 Å². The Morgan fingerprint density at radius 1 is 1.05 bits per heavy atom. The number of nitrogens with two attached hydrogens (primary N) is 1. The predicted molar refractivity (Wildman–Crippen MR) is 88.8 cm³/mol. The van der Waals surface area contributed by atoms with Gasteiger partial charge in [-0.2, -0.15) is 4.98 Å². The zero-order chi connectivity index (χ0) is 14.7. The molecule has 0 saturated heterocycles. The van der Waals surface area contributed by atoms with Crippen molar-refractivity contribution in [3.63, 3.8) is 0 Å². The van der Waals surface area contributed by atoms with Crippen LogP contribution in [0.3, 0.4) is 0 Å². The number of rotatable bonds is 4. The number of hydrazine groups is 1. The number of hydrogen-bond acceptors (Lipinski definition) is 5. The molecule has 0 bridgehead atoms. The van der Waals surface area contributed by atoms with E-state index in [-0.39, 0.29) is 0 Å². The maximum Gasteiger partial charge on any atom is 0.239 e. The molecule has 1 aromatic heterocycles. The van der Waals surface area contributed by atoms with Gasteiger partial charge in [0.2, 0.25) is 5.95 Å². The number of fused-ring (bicyclic) bond motifs is 1. The van der Waals surface area contributed by atoms with E-state index in [1.165, 1.54) is 0 Å². The van der Waals surface area contributed by atoms with Gasteiger partial charge in [0.25, 0.3) is 0 Å². The summed E-state index contributed by atoms with van der Waals surface area (Å²) in [5.41, 5.74) is 4.50. The number of aromatic nitrogens is 2. The molecule has 0 unspecified atom stereocenters. The van der Waals surface area contributed by atoms with Crippen LogP contribution >= 0.6 is 15.9 Å². The Bertz CT molecular complexity index is 775. The number of nitrogens with one attached hydrogen (secondary N) is 2. The van der Waals surface area contributed by atoms with Crippen molar-refractivity contribution in [2.24, 2.45) is 5.84 Å². The van der Waals surface area contributed by atoms with Crippen molar-refractivity contribution < 1.29 is 0 Å². The molecule has 4 N–H and O–H groups in total. The molecule has 106 valence electrons. The van der Waals surface area contributed by atoms with Gasteiger partial charge in [0.05, 0.1) is 5.52 Å². The van der Waals surface area contributed by atoms with Gasteiger partial charge >= 0.3 is 0 Å². The molecular formula is C15H14BrN5. The van der Waals surface area contributed by atoms with Crippen LogP contribution in [0, 0.1) is 0 Å². The Morgan fingerprint density at radius 3 is 2.71 bits per heavy atom. The Hall–Kier alpha value is -2.18. The summed E-state index contributed by atoms with van der Waals surface area (Å²) in [5.74, 6) is 6.58. The van der Waals surface area contributed by atoms with Crippen molar-refractivity contribution in [2.45, 2.75) is 6.54 Å². The van der Waals surface area contributed by atoms with Gasteiger partial charge in [-0.15, -0.1) is 0 Å². The molecule has 0 aliphatic carbocycles. The number of para-hydroxylation sites is 1. The first-order valence-corrected chi connectivity index (χ1v) is 7.27. The van der Waals surface area contributed by atoms with Gasteiger partial charge in [0, 0.05) is 16.4 Å². The van der Waals surface area contributed by atoms with Crippen LogP contribution < -0.4 is 16.6 Å². The minimum absolute atomic E-state index is 0.394. The summed E-state index contributed by atoms with van der Waals surface area (Å²) >= 11 is 3.47. The third-order valence-electron chi connectivity index (χ3n) is 3.08. The van der Waals surface area contributed by atoms with E-state index in [4.69, 9.17) is 5.84 Å². The second-order valence-electron chi connectivity index (χ2n) is 4.54. The average Bonchev–Trinajstić information content (AvgIpc) is 2.52. The second-order valence-corrected chi connectivity index (χ2v) is 5.46. The summed E-state index contributed by atoms with van der Waals surface area (Å²) in [4.78, 5) is 8.72. The molecule has 6 heteroatoms. The van der Waals surface area contributed by atoms with E-state index in [9.17, 15) is 0 Å². The van der Waals surface area contributed by atoms with Gasteiger partial charge in [0.1, 0.15) is 5.82 Å². The van der Waals surface area contributed by atoms with Gasteiger partial charge in [-0.3, -0.25) is 5.43 Å². The van der Waals surface area contributed by atoms with Crippen LogP contribution in [0.4, 0.5) is 11.8 Å².